The quantitative estimate of drug-likeness (QED) is 0.678. The van der Waals surface area contributed by atoms with Crippen molar-refractivity contribution in [1.82, 2.24) is 5.48 Å². The highest BCUT2D eigenvalue weighted by Gasteiger charge is 2.42. The normalized spacial score (nSPS) is 31.6. The van der Waals surface area contributed by atoms with Gasteiger partial charge in [0.2, 0.25) is 0 Å². The van der Waals surface area contributed by atoms with Crippen LogP contribution < -0.4 is 5.48 Å². The van der Waals surface area contributed by atoms with Crippen LogP contribution in [0.1, 0.15) is 39.0 Å². The first-order valence-electron chi connectivity index (χ1n) is 5.36. The molecule has 1 atom stereocenters. The number of hydrogen-bond acceptors (Lipinski definition) is 3. The molecule has 1 unspecified atom stereocenters. The van der Waals surface area contributed by atoms with E-state index in [-0.39, 0.29) is 5.60 Å². The lowest BCUT2D eigenvalue weighted by Gasteiger charge is -2.47. The van der Waals surface area contributed by atoms with Crippen molar-refractivity contribution in [3.05, 3.63) is 0 Å². The first-order chi connectivity index (χ1) is 6.35. The fraction of sp³-hybridized carbons (Fsp3) is 1.00. The Hall–Kier alpha value is -0.120. The maximum Gasteiger partial charge on any atom is 0.0698 e. The minimum Gasteiger partial charge on any atom is -0.375 e. The van der Waals surface area contributed by atoms with Gasteiger partial charge in [0, 0.05) is 12.6 Å². The Labute approximate surface area is 79.7 Å². The molecule has 1 aliphatic heterocycles. The van der Waals surface area contributed by atoms with Crippen LogP contribution in [0.5, 0.6) is 0 Å². The summed E-state index contributed by atoms with van der Waals surface area (Å²) in [6.07, 6.45) is 6.05. The molecule has 3 nitrogen and oxygen atoms in total. The molecule has 13 heavy (non-hydrogen) atoms. The van der Waals surface area contributed by atoms with Crippen LogP contribution >= 0.6 is 0 Å². The number of hydrogen-bond donors (Lipinski definition) is 1. The Morgan fingerprint density at radius 2 is 2.38 bits per heavy atom. The average Bonchev–Trinajstić information content (AvgIpc) is 2.13. The number of hydroxylamine groups is 1. The van der Waals surface area contributed by atoms with Gasteiger partial charge in [0.25, 0.3) is 0 Å². The van der Waals surface area contributed by atoms with Crippen LogP contribution in [0.2, 0.25) is 0 Å². The lowest BCUT2D eigenvalue weighted by Crippen LogP contribution is -2.50. The van der Waals surface area contributed by atoms with E-state index in [1.807, 2.05) is 6.92 Å². The van der Waals surface area contributed by atoms with Crippen molar-refractivity contribution in [2.45, 2.75) is 50.7 Å². The van der Waals surface area contributed by atoms with Crippen molar-refractivity contribution in [2.24, 2.45) is 0 Å². The molecule has 2 fully saturated rings. The van der Waals surface area contributed by atoms with Gasteiger partial charge in [-0.15, -0.1) is 0 Å². The smallest absolute Gasteiger partial charge is 0.0698 e. The topological polar surface area (TPSA) is 30.5 Å². The summed E-state index contributed by atoms with van der Waals surface area (Å²) in [6.45, 7) is 3.64. The molecule has 0 aromatic rings. The minimum absolute atomic E-state index is 0.229. The van der Waals surface area contributed by atoms with Crippen molar-refractivity contribution in [3.8, 4) is 0 Å². The van der Waals surface area contributed by atoms with Crippen LogP contribution in [0.25, 0.3) is 0 Å². The summed E-state index contributed by atoms with van der Waals surface area (Å²) >= 11 is 0. The average molecular weight is 185 g/mol. The van der Waals surface area contributed by atoms with E-state index in [0.29, 0.717) is 6.04 Å². The molecule has 0 bridgehead atoms. The highest BCUT2D eigenvalue weighted by molar-refractivity contribution is 4.95. The van der Waals surface area contributed by atoms with E-state index in [4.69, 9.17) is 9.57 Å². The predicted molar refractivity (Wildman–Crippen MR) is 50.3 cm³/mol. The molecule has 0 amide bonds. The Balaban J connectivity index is 1.78. The second-order valence-corrected chi connectivity index (χ2v) is 4.13. The minimum atomic E-state index is 0.229. The van der Waals surface area contributed by atoms with Gasteiger partial charge < -0.3 is 9.57 Å². The molecule has 1 N–H and O–H groups in total. The van der Waals surface area contributed by atoms with Gasteiger partial charge in [-0.2, -0.15) is 5.48 Å². The molecule has 2 rings (SSSR count). The Morgan fingerprint density at radius 3 is 3.00 bits per heavy atom. The summed E-state index contributed by atoms with van der Waals surface area (Å²) in [5.74, 6) is 0. The van der Waals surface area contributed by atoms with Crippen LogP contribution in [0.4, 0.5) is 0 Å². The van der Waals surface area contributed by atoms with E-state index in [9.17, 15) is 0 Å². The zero-order chi connectivity index (χ0) is 9.15. The predicted octanol–water partition coefficient (Wildman–Crippen LogP) is 1.63. The third kappa shape index (κ3) is 2.03. The number of nitrogens with one attached hydrogen (secondary N) is 1. The van der Waals surface area contributed by atoms with Gasteiger partial charge in [-0.05, 0) is 39.0 Å². The van der Waals surface area contributed by atoms with E-state index in [0.717, 1.165) is 26.1 Å². The van der Waals surface area contributed by atoms with E-state index in [1.165, 1.54) is 19.3 Å². The molecule has 3 heteroatoms. The molecule has 1 aliphatic carbocycles. The van der Waals surface area contributed by atoms with Crippen LogP contribution in [0, 0.1) is 0 Å². The van der Waals surface area contributed by atoms with Crippen LogP contribution in [0.3, 0.4) is 0 Å². The van der Waals surface area contributed by atoms with Gasteiger partial charge >= 0.3 is 0 Å². The summed E-state index contributed by atoms with van der Waals surface area (Å²) in [7, 11) is 0. The largest absolute Gasteiger partial charge is 0.375 e. The van der Waals surface area contributed by atoms with Crippen LogP contribution in [0.15, 0.2) is 0 Å². The summed E-state index contributed by atoms with van der Waals surface area (Å²) in [6, 6.07) is 0.508. The summed E-state index contributed by atoms with van der Waals surface area (Å²) in [5.41, 5.74) is 3.34. The molecule has 1 heterocycles. The fourth-order valence-electron chi connectivity index (χ4n) is 2.25. The SMILES string of the molecule is CCONC1CCOC2(CCC2)C1. The lowest BCUT2D eigenvalue weighted by atomic mass is 9.74. The van der Waals surface area contributed by atoms with Crippen molar-refractivity contribution >= 4 is 0 Å². The van der Waals surface area contributed by atoms with E-state index in [1.54, 1.807) is 0 Å². The second-order valence-electron chi connectivity index (χ2n) is 4.13. The first-order valence-corrected chi connectivity index (χ1v) is 5.36. The molecule has 1 spiro atoms. The van der Waals surface area contributed by atoms with Crippen LogP contribution in [-0.4, -0.2) is 24.9 Å². The van der Waals surface area contributed by atoms with Gasteiger partial charge in [-0.25, -0.2) is 0 Å². The highest BCUT2D eigenvalue weighted by Crippen LogP contribution is 2.42. The van der Waals surface area contributed by atoms with Crippen molar-refractivity contribution < 1.29 is 9.57 Å². The standard InChI is InChI=1S/C10H19NO2/c1-2-13-11-9-4-7-12-10(8-9)5-3-6-10/h9,11H,2-8H2,1H3. The zero-order valence-electron chi connectivity index (χ0n) is 8.34. The molecular weight excluding hydrogens is 166 g/mol. The third-order valence-electron chi connectivity index (χ3n) is 3.15. The zero-order valence-corrected chi connectivity index (χ0v) is 8.34. The molecule has 0 radical (unpaired) electrons. The maximum atomic E-state index is 5.82. The molecule has 0 aromatic carbocycles. The Kier molecular flexibility index (Phi) is 2.86. The molecule has 0 aromatic heterocycles. The van der Waals surface area contributed by atoms with Crippen molar-refractivity contribution in [2.75, 3.05) is 13.2 Å². The second kappa shape index (κ2) is 3.95. The molecular formula is C10H19NO2. The lowest BCUT2D eigenvalue weighted by molar-refractivity contribution is -0.150. The maximum absolute atomic E-state index is 5.82. The molecule has 1 saturated carbocycles. The molecule has 76 valence electrons. The molecule has 2 aliphatic rings. The van der Waals surface area contributed by atoms with E-state index in [2.05, 4.69) is 5.48 Å². The fourth-order valence-corrected chi connectivity index (χ4v) is 2.25. The third-order valence-corrected chi connectivity index (χ3v) is 3.15. The summed E-state index contributed by atoms with van der Waals surface area (Å²) in [5, 5.41) is 0. The monoisotopic (exact) mass is 185 g/mol. The van der Waals surface area contributed by atoms with Crippen molar-refractivity contribution in [1.29, 1.82) is 0 Å². The van der Waals surface area contributed by atoms with Crippen molar-refractivity contribution in [3.63, 3.8) is 0 Å². The number of ether oxygens (including phenoxy) is 1. The van der Waals surface area contributed by atoms with Gasteiger partial charge in [-0.3, -0.25) is 0 Å². The summed E-state index contributed by atoms with van der Waals surface area (Å²) < 4.78 is 5.82. The summed E-state index contributed by atoms with van der Waals surface area (Å²) in [4.78, 5) is 5.23. The van der Waals surface area contributed by atoms with E-state index >= 15 is 0 Å². The first kappa shape index (κ1) is 9.44. The molecule has 1 saturated heterocycles. The Bertz CT molecular complexity index is 168. The highest BCUT2D eigenvalue weighted by atomic mass is 16.6. The van der Waals surface area contributed by atoms with E-state index < -0.39 is 0 Å². The van der Waals surface area contributed by atoms with Gasteiger partial charge in [-0.1, -0.05) is 0 Å². The number of rotatable bonds is 3. The van der Waals surface area contributed by atoms with Crippen LogP contribution in [-0.2, 0) is 9.57 Å². The van der Waals surface area contributed by atoms with Gasteiger partial charge in [0.15, 0.2) is 0 Å². The Morgan fingerprint density at radius 1 is 1.54 bits per heavy atom. The van der Waals surface area contributed by atoms with Gasteiger partial charge in [0.1, 0.15) is 0 Å². The van der Waals surface area contributed by atoms with Gasteiger partial charge in [0.05, 0.1) is 12.2 Å².